The number of anilines is 1. The van der Waals surface area contributed by atoms with Gasteiger partial charge in [0.1, 0.15) is 10.8 Å². The summed E-state index contributed by atoms with van der Waals surface area (Å²) in [5.41, 5.74) is 0.888. The lowest BCUT2D eigenvalue weighted by atomic mass is 10.2. The van der Waals surface area contributed by atoms with E-state index in [9.17, 15) is 4.79 Å². The summed E-state index contributed by atoms with van der Waals surface area (Å²) in [4.78, 5) is 12.2. The third-order valence-electron chi connectivity index (χ3n) is 3.41. The second-order valence-electron chi connectivity index (χ2n) is 5.38. The zero-order valence-electron chi connectivity index (χ0n) is 12.3. The fourth-order valence-corrected chi connectivity index (χ4v) is 3.12. The normalized spacial score (nSPS) is 15.4. The molecule has 5 nitrogen and oxygen atoms in total. The monoisotopic (exact) mass is 337 g/mol. The molecule has 1 atom stereocenters. The van der Waals surface area contributed by atoms with Gasteiger partial charge in [-0.3, -0.25) is 10.1 Å². The predicted molar refractivity (Wildman–Crippen MR) is 86.8 cm³/mol. The van der Waals surface area contributed by atoms with Crippen LogP contribution < -0.4 is 10.1 Å². The fraction of sp³-hybridized carbons (Fsp3) is 0.400. The molecule has 0 aliphatic heterocycles. The summed E-state index contributed by atoms with van der Waals surface area (Å²) in [7, 11) is 0. The molecule has 7 heteroatoms. The molecule has 0 unspecified atom stereocenters. The number of aromatic nitrogens is 2. The van der Waals surface area contributed by atoms with Crippen molar-refractivity contribution in [2.45, 2.75) is 38.7 Å². The van der Waals surface area contributed by atoms with Crippen molar-refractivity contribution in [3.05, 3.63) is 33.8 Å². The molecule has 1 fully saturated rings. The number of nitrogens with one attached hydrogen (secondary N) is 1. The Morgan fingerprint density at radius 1 is 1.45 bits per heavy atom. The van der Waals surface area contributed by atoms with Crippen LogP contribution in [0.5, 0.6) is 5.75 Å². The van der Waals surface area contributed by atoms with Gasteiger partial charge in [-0.25, -0.2) is 0 Å². The number of amides is 1. The molecule has 0 bridgehead atoms. The van der Waals surface area contributed by atoms with Crippen LogP contribution >= 0.6 is 22.9 Å². The Morgan fingerprint density at radius 2 is 2.23 bits per heavy atom. The van der Waals surface area contributed by atoms with Gasteiger partial charge in [0.05, 0.1) is 0 Å². The highest BCUT2D eigenvalue weighted by atomic mass is 35.5. The number of benzene rings is 1. The summed E-state index contributed by atoms with van der Waals surface area (Å²) < 4.78 is 5.69. The molecule has 1 amide bonds. The van der Waals surface area contributed by atoms with Crippen molar-refractivity contribution < 1.29 is 9.53 Å². The zero-order chi connectivity index (χ0) is 15.7. The van der Waals surface area contributed by atoms with Gasteiger partial charge in [0, 0.05) is 10.9 Å². The Bertz CT molecular complexity index is 700. The number of carbonyl (C=O) groups is 1. The molecule has 1 aliphatic carbocycles. The molecule has 1 aromatic heterocycles. The Hall–Kier alpha value is -1.66. The van der Waals surface area contributed by atoms with Gasteiger partial charge >= 0.3 is 0 Å². The third-order valence-corrected chi connectivity index (χ3v) is 4.64. The van der Waals surface area contributed by atoms with E-state index in [0.717, 1.165) is 23.4 Å². The van der Waals surface area contributed by atoms with Gasteiger partial charge in [0.2, 0.25) is 5.13 Å². The maximum absolute atomic E-state index is 12.2. The highest BCUT2D eigenvalue weighted by Crippen LogP contribution is 2.42. The lowest BCUT2D eigenvalue weighted by Crippen LogP contribution is -2.30. The predicted octanol–water partition coefficient (Wildman–Crippen LogP) is 3.78. The average Bonchev–Trinajstić information content (AvgIpc) is 3.22. The minimum Gasteiger partial charge on any atom is -0.481 e. The quantitative estimate of drug-likeness (QED) is 0.901. The van der Waals surface area contributed by atoms with E-state index in [1.165, 1.54) is 11.3 Å². The van der Waals surface area contributed by atoms with Gasteiger partial charge in [0.15, 0.2) is 6.10 Å². The molecule has 116 valence electrons. The van der Waals surface area contributed by atoms with Crippen LogP contribution in [0.15, 0.2) is 18.2 Å². The summed E-state index contributed by atoms with van der Waals surface area (Å²) in [6, 6.07) is 5.30. The Balaban J connectivity index is 1.60. The van der Waals surface area contributed by atoms with Gasteiger partial charge in [-0.2, -0.15) is 0 Å². The van der Waals surface area contributed by atoms with Crippen molar-refractivity contribution >= 4 is 34.0 Å². The first-order chi connectivity index (χ1) is 10.5. The maximum Gasteiger partial charge on any atom is 0.266 e. The van der Waals surface area contributed by atoms with Crippen LogP contribution in [0.25, 0.3) is 0 Å². The zero-order valence-corrected chi connectivity index (χ0v) is 13.9. The second kappa shape index (κ2) is 6.22. The molecular weight excluding hydrogens is 322 g/mol. The average molecular weight is 338 g/mol. The van der Waals surface area contributed by atoms with Crippen molar-refractivity contribution in [1.29, 1.82) is 0 Å². The first kappa shape index (κ1) is 15.2. The lowest BCUT2D eigenvalue weighted by molar-refractivity contribution is -0.122. The second-order valence-corrected chi connectivity index (χ2v) is 6.82. The Morgan fingerprint density at radius 3 is 2.91 bits per heavy atom. The summed E-state index contributed by atoms with van der Waals surface area (Å²) in [5.74, 6) is 0.935. The maximum atomic E-state index is 12.2. The smallest absolute Gasteiger partial charge is 0.266 e. The Kier molecular flexibility index (Phi) is 4.31. The standard InChI is InChI=1S/C15H16ClN3O2S/c1-8-7-11(16)5-6-12(8)21-9(2)13(20)17-15-19-18-14(22-15)10-3-4-10/h5-7,9-10H,3-4H2,1-2H3,(H,17,19,20)/t9-/m0/s1. The first-order valence-corrected chi connectivity index (χ1v) is 8.29. The first-order valence-electron chi connectivity index (χ1n) is 7.10. The van der Waals surface area contributed by atoms with Crippen LogP contribution in [-0.2, 0) is 4.79 Å². The van der Waals surface area contributed by atoms with E-state index >= 15 is 0 Å². The molecule has 0 radical (unpaired) electrons. The Labute approximate surface area is 137 Å². The highest BCUT2D eigenvalue weighted by Gasteiger charge is 2.28. The minimum atomic E-state index is -0.631. The van der Waals surface area contributed by atoms with Crippen LogP contribution in [0.3, 0.4) is 0 Å². The molecule has 0 saturated heterocycles. The molecule has 22 heavy (non-hydrogen) atoms. The highest BCUT2D eigenvalue weighted by molar-refractivity contribution is 7.15. The molecule has 1 saturated carbocycles. The van der Waals surface area contributed by atoms with E-state index in [4.69, 9.17) is 16.3 Å². The number of halogens is 1. The van der Waals surface area contributed by atoms with Crippen molar-refractivity contribution in [2.75, 3.05) is 5.32 Å². The number of carbonyl (C=O) groups excluding carboxylic acids is 1. The van der Waals surface area contributed by atoms with Gasteiger partial charge in [0.25, 0.3) is 5.91 Å². The van der Waals surface area contributed by atoms with Crippen molar-refractivity contribution in [3.8, 4) is 5.75 Å². The molecule has 0 spiro atoms. The molecule has 3 rings (SSSR count). The number of hydrogen-bond donors (Lipinski definition) is 1. The number of nitrogens with zero attached hydrogens (tertiary/aromatic N) is 2. The summed E-state index contributed by atoms with van der Waals surface area (Å²) in [6.45, 7) is 3.59. The molecule has 2 aromatic rings. The molecule has 1 aromatic carbocycles. The lowest BCUT2D eigenvalue weighted by Gasteiger charge is -2.15. The molecule has 1 aliphatic rings. The minimum absolute atomic E-state index is 0.243. The van der Waals surface area contributed by atoms with Crippen molar-refractivity contribution in [1.82, 2.24) is 10.2 Å². The van der Waals surface area contributed by atoms with Crippen LogP contribution in [0.1, 0.15) is 36.3 Å². The molecular formula is C15H16ClN3O2S. The van der Waals surface area contributed by atoms with Gasteiger partial charge in [-0.15, -0.1) is 10.2 Å². The van der Waals surface area contributed by atoms with Gasteiger partial charge < -0.3 is 4.74 Å². The third kappa shape index (κ3) is 3.56. The van der Waals surface area contributed by atoms with E-state index in [2.05, 4.69) is 15.5 Å². The number of ether oxygens (including phenoxy) is 1. The van der Waals surface area contributed by atoms with Crippen molar-refractivity contribution in [2.24, 2.45) is 0 Å². The summed E-state index contributed by atoms with van der Waals surface area (Å²) >= 11 is 7.34. The van der Waals surface area contributed by atoms with Gasteiger partial charge in [-0.1, -0.05) is 22.9 Å². The van der Waals surface area contributed by atoms with E-state index in [-0.39, 0.29) is 5.91 Å². The summed E-state index contributed by atoms with van der Waals surface area (Å²) in [5, 5.41) is 13.0. The van der Waals surface area contributed by atoms with E-state index in [1.54, 1.807) is 25.1 Å². The summed E-state index contributed by atoms with van der Waals surface area (Å²) in [6.07, 6.45) is 1.70. The van der Waals surface area contributed by atoms with Crippen LogP contribution in [-0.4, -0.2) is 22.2 Å². The van der Waals surface area contributed by atoms with Crippen LogP contribution in [0, 0.1) is 6.92 Å². The van der Waals surface area contributed by atoms with E-state index in [1.807, 2.05) is 6.92 Å². The van der Waals surface area contributed by atoms with Crippen LogP contribution in [0.2, 0.25) is 5.02 Å². The number of rotatable bonds is 5. The number of aryl methyl sites for hydroxylation is 1. The SMILES string of the molecule is Cc1cc(Cl)ccc1O[C@@H](C)C(=O)Nc1nnc(C2CC2)s1. The fourth-order valence-electron chi connectivity index (χ4n) is 1.98. The van der Waals surface area contributed by atoms with E-state index < -0.39 is 6.10 Å². The number of hydrogen-bond acceptors (Lipinski definition) is 5. The van der Waals surface area contributed by atoms with Crippen LogP contribution in [0.4, 0.5) is 5.13 Å². The topological polar surface area (TPSA) is 64.1 Å². The molecule has 1 N–H and O–H groups in total. The molecule has 1 heterocycles. The largest absolute Gasteiger partial charge is 0.481 e. The van der Waals surface area contributed by atoms with Gasteiger partial charge in [-0.05, 0) is 50.5 Å². The van der Waals surface area contributed by atoms with Crippen molar-refractivity contribution in [3.63, 3.8) is 0 Å². The van der Waals surface area contributed by atoms with E-state index in [0.29, 0.717) is 21.8 Å².